The zero-order valence-corrected chi connectivity index (χ0v) is 11.1. The number of imidazole rings is 1. The van der Waals surface area contributed by atoms with Crippen molar-refractivity contribution in [2.45, 2.75) is 26.2 Å². The second-order valence-corrected chi connectivity index (χ2v) is 5.13. The highest BCUT2D eigenvalue weighted by Crippen LogP contribution is 2.21. The predicted octanol–water partition coefficient (Wildman–Crippen LogP) is 4.03. The number of thiazole rings is 1. The average molecular weight is 257 g/mol. The summed E-state index contributed by atoms with van der Waals surface area (Å²) in [6.45, 7) is 2.22. The van der Waals surface area contributed by atoms with Gasteiger partial charge in [0.25, 0.3) is 0 Å². The minimum absolute atomic E-state index is 0.860. The van der Waals surface area contributed by atoms with Gasteiger partial charge in [0.1, 0.15) is 5.69 Å². The largest absolute Gasteiger partial charge is 0.337 e. The first-order valence-corrected chi connectivity index (χ1v) is 7.18. The molecule has 3 nitrogen and oxygen atoms in total. The number of hydrogen-bond donors (Lipinski definition) is 1. The van der Waals surface area contributed by atoms with E-state index in [2.05, 4.69) is 40.1 Å². The van der Waals surface area contributed by atoms with Crippen molar-refractivity contribution in [2.75, 3.05) is 0 Å². The molecule has 3 aromatic rings. The van der Waals surface area contributed by atoms with Crippen LogP contribution < -0.4 is 0 Å². The summed E-state index contributed by atoms with van der Waals surface area (Å²) in [5.74, 6) is 0.860. The average Bonchev–Trinajstić information content (AvgIpc) is 3.03. The van der Waals surface area contributed by atoms with Crippen LogP contribution in [0.15, 0.2) is 29.1 Å². The Morgan fingerprint density at radius 1 is 1.33 bits per heavy atom. The Kier molecular flexibility index (Phi) is 3.11. The monoisotopic (exact) mass is 257 g/mol. The van der Waals surface area contributed by atoms with Gasteiger partial charge in [-0.15, -0.1) is 11.3 Å². The van der Waals surface area contributed by atoms with Crippen molar-refractivity contribution in [3.8, 4) is 11.5 Å². The molecule has 3 rings (SSSR count). The number of aromatic nitrogens is 3. The smallest absolute Gasteiger partial charge is 0.158 e. The van der Waals surface area contributed by atoms with E-state index >= 15 is 0 Å². The predicted molar refractivity (Wildman–Crippen MR) is 75.8 cm³/mol. The van der Waals surface area contributed by atoms with Gasteiger partial charge in [0.05, 0.1) is 16.5 Å². The number of benzene rings is 1. The van der Waals surface area contributed by atoms with Crippen LogP contribution in [0, 0.1) is 0 Å². The minimum Gasteiger partial charge on any atom is -0.337 e. The molecular weight excluding hydrogens is 242 g/mol. The molecule has 2 aromatic heterocycles. The SMILES string of the molecule is CCCCc1ccc2nc(-c3cscn3)[nH]c2c1. The van der Waals surface area contributed by atoms with E-state index in [1.807, 2.05) is 10.9 Å². The Balaban J connectivity index is 1.97. The zero-order chi connectivity index (χ0) is 12.4. The molecule has 18 heavy (non-hydrogen) atoms. The summed E-state index contributed by atoms with van der Waals surface area (Å²) < 4.78 is 0. The molecule has 0 aliphatic heterocycles. The van der Waals surface area contributed by atoms with Crippen LogP contribution in [-0.4, -0.2) is 15.0 Å². The highest BCUT2D eigenvalue weighted by atomic mass is 32.1. The van der Waals surface area contributed by atoms with Gasteiger partial charge in [0, 0.05) is 5.38 Å². The number of rotatable bonds is 4. The summed E-state index contributed by atoms with van der Waals surface area (Å²) >= 11 is 1.59. The third kappa shape index (κ3) is 2.16. The lowest BCUT2D eigenvalue weighted by atomic mass is 10.1. The van der Waals surface area contributed by atoms with E-state index < -0.39 is 0 Å². The molecule has 0 unspecified atom stereocenters. The molecule has 4 heteroatoms. The normalized spacial score (nSPS) is 11.2. The van der Waals surface area contributed by atoms with Crippen molar-refractivity contribution in [1.29, 1.82) is 0 Å². The van der Waals surface area contributed by atoms with Crippen LogP contribution in [0.4, 0.5) is 0 Å². The van der Waals surface area contributed by atoms with Crippen LogP contribution in [0.2, 0.25) is 0 Å². The molecular formula is C14H15N3S. The molecule has 0 aliphatic rings. The first kappa shape index (κ1) is 11.4. The summed E-state index contributed by atoms with van der Waals surface area (Å²) in [6.07, 6.45) is 3.60. The molecule has 0 spiro atoms. The second-order valence-electron chi connectivity index (χ2n) is 4.41. The molecule has 1 N–H and O–H groups in total. The molecule has 0 aliphatic carbocycles. The summed E-state index contributed by atoms with van der Waals surface area (Å²) in [4.78, 5) is 12.2. The summed E-state index contributed by atoms with van der Waals surface area (Å²) in [6, 6.07) is 6.46. The van der Waals surface area contributed by atoms with E-state index in [0.717, 1.165) is 29.0 Å². The standard InChI is InChI=1S/C14H15N3S/c1-2-3-4-10-5-6-11-12(7-10)17-14(16-11)13-8-18-9-15-13/h5-9H,2-4H2,1H3,(H,16,17). The van der Waals surface area contributed by atoms with Crippen molar-refractivity contribution in [3.05, 3.63) is 34.7 Å². The maximum Gasteiger partial charge on any atom is 0.158 e. The molecule has 0 bridgehead atoms. The fourth-order valence-electron chi connectivity index (χ4n) is 2.04. The van der Waals surface area contributed by atoms with Crippen molar-refractivity contribution < 1.29 is 0 Å². The fraction of sp³-hybridized carbons (Fsp3) is 0.286. The van der Waals surface area contributed by atoms with Crippen LogP contribution in [-0.2, 0) is 6.42 Å². The Morgan fingerprint density at radius 2 is 2.28 bits per heavy atom. The maximum absolute atomic E-state index is 4.57. The summed E-state index contributed by atoms with van der Waals surface area (Å²) in [5, 5.41) is 2.01. The van der Waals surface area contributed by atoms with Gasteiger partial charge in [-0.1, -0.05) is 19.4 Å². The van der Waals surface area contributed by atoms with E-state index in [-0.39, 0.29) is 0 Å². The number of nitrogens with zero attached hydrogens (tertiary/aromatic N) is 2. The van der Waals surface area contributed by atoms with E-state index in [1.54, 1.807) is 11.3 Å². The molecule has 0 amide bonds. The van der Waals surface area contributed by atoms with Crippen LogP contribution in [0.3, 0.4) is 0 Å². The third-order valence-electron chi connectivity index (χ3n) is 3.04. The molecule has 0 saturated carbocycles. The van der Waals surface area contributed by atoms with Gasteiger partial charge in [-0.3, -0.25) is 0 Å². The number of hydrogen-bond acceptors (Lipinski definition) is 3. The third-order valence-corrected chi connectivity index (χ3v) is 3.63. The molecule has 92 valence electrons. The second kappa shape index (κ2) is 4.90. The van der Waals surface area contributed by atoms with E-state index in [0.29, 0.717) is 0 Å². The number of aryl methyl sites for hydroxylation is 1. The number of unbranched alkanes of at least 4 members (excludes halogenated alkanes) is 1. The van der Waals surface area contributed by atoms with Crippen molar-refractivity contribution in [3.63, 3.8) is 0 Å². The Labute approximate surface area is 110 Å². The molecule has 0 atom stereocenters. The van der Waals surface area contributed by atoms with Crippen molar-refractivity contribution in [1.82, 2.24) is 15.0 Å². The van der Waals surface area contributed by atoms with Gasteiger partial charge in [0.15, 0.2) is 5.82 Å². The Morgan fingerprint density at radius 3 is 3.06 bits per heavy atom. The minimum atomic E-state index is 0.860. The Hall–Kier alpha value is -1.68. The fourth-order valence-corrected chi connectivity index (χ4v) is 2.58. The van der Waals surface area contributed by atoms with Crippen LogP contribution in [0.25, 0.3) is 22.6 Å². The highest BCUT2D eigenvalue weighted by molar-refractivity contribution is 7.07. The lowest BCUT2D eigenvalue weighted by Crippen LogP contribution is -1.84. The number of H-pyrrole nitrogens is 1. The van der Waals surface area contributed by atoms with Crippen molar-refractivity contribution >= 4 is 22.4 Å². The highest BCUT2D eigenvalue weighted by Gasteiger charge is 2.07. The number of fused-ring (bicyclic) bond motifs is 1. The van der Waals surface area contributed by atoms with Crippen LogP contribution in [0.1, 0.15) is 25.3 Å². The lowest BCUT2D eigenvalue weighted by Gasteiger charge is -1.98. The maximum atomic E-state index is 4.57. The van der Waals surface area contributed by atoms with Gasteiger partial charge in [0.2, 0.25) is 0 Å². The molecule has 1 aromatic carbocycles. The van der Waals surface area contributed by atoms with E-state index in [1.165, 1.54) is 18.4 Å². The molecule has 2 heterocycles. The molecule has 0 saturated heterocycles. The van der Waals surface area contributed by atoms with E-state index in [4.69, 9.17) is 0 Å². The van der Waals surface area contributed by atoms with Gasteiger partial charge in [-0.05, 0) is 30.5 Å². The summed E-state index contributed by atoms with van der Waals surface area (Å²) in [7, 11) is 0. The zero-order valence-electron chi connectivity index (χ0n) is 10.3. The topological polar surface area (TPSA) is 41.6 Å². The van der Waals surface area contributed by atoms with Crippen molar-refractivity contribution in [2.24, 2.45) is 0 Å². The van der Waals surface area contributed by atoms with Crippen LogP contribution >= 0.6 is 11.3 Å². The first-order chi connectivity index (χ1) is 8.86. The van der Waals surface area contributed by atoms with Crippen LogP contribution in [0.5, 0.6) is 0 Å². The van der Waals surface area contributed by atoms with Gasteiger partial charge < -0.3 is 4.98 Å². The van der Waals surface area contributed by atoms with Gasteiger partial charge >= 0.3 is 0 Å². The first-order valence-electron chi connectivity index (χ1n) is 6.24. The van der Waals surface area contributed by atoms with E-state index in [9.17, 15) is 0 Å². The Bertz CT molecular complexity index is 640. The summed E-state index contributed by atoms with van der Waals surface area (Å²) in [5.41, 5.74) is 6.24. The van der Waals surface area contributed by atoms with Gasteiger partial charge in [-0.25, -0.2) is 9.97 Å². The molecule has 0 fully saturated rings. The number of nitrogens with one attached hydrogen (secondary N) is 1. The lowest BCUT2D eigenvalue weighted by molar-refractivity contribution is 0.796. The van der Waals surface area contributed by atoms with Gasteiger partial charge in [-0.2, -0.15) is 0 Å². The quantitative estimate of drug-likeness (QED) is 0.766. The number of aromatic amines is 1. The molecule has 0 radical (unpaired) electrons.